The van der Waals surface area contributed by atoms with E-state index in [0.29, 0.717) is 17.3 Å². The molecule has 0 aliphatic carbocycles. The standard InChI is InChI=1S/C8H11ClN2O/c1-2-10-8(12)7-4-3-6(9)5-11-7/h3-5,8,10,12H,2H2,1H3/t8-/m1/s1. The van der Waals surface area contributed by atoms with Crippen molar-refractivity contribution in [3.05, 3.63) is 29.0 Å². The van der Waals surface area contributed by atoms with Gasteiger partial charge in [0.15, 0.2) is 0 Å². The zero-order chi connectivity index (χ0) is 8.97. The molecule has 1 aromatic heterocycles. The van der Waals surface area contributed by atoms with Gasteiger partial charge in [-0.2, -0.15) is 0 Å². The fourth-order valence-electron chi connectivity index (χ4n) is 0.847. The van der Waals surface area contributed by atoms with E-state index >= 15 is 0 Å². The number of rotatable bonds is 3. The highest BCUT2D eigenvalue weighted by atomic mass is 35.5. The number of halogens is 1. The zero-order valence-corrected chi connectivity index (χ0v) is 7.54. The van der Waals surface area contributed by atoms with Crippen LogP contribution in [0, 0.1) is 0 Å². The molecule has 0 spiro atoms. The normalized spacial score (nSPS) is 12.9. The number of aliphatic hydroxyl groups excluding tert-OH is 1. The Morgan fingerprint density at radius 1 is 1.67 bits per heavy atom. The summed E-state index contributed by atoms with van der Waals surface area (Å²) < 4.78 is 0. The lowest BCUT2D eigenvalue weighted by Crippen LogP contribution is -2.20. The van der Waals surface area contributed by atoms with Crippen LogP contribution < -0.4 is 5.32 Å². The first-order chi connectivity index (χ1) is 5.74. The minimum atomic E-state index is -0.702. The predicted molar refractivity (Wildman–Crippen MR) is 47.9 cm³/mol. The molecule has 3 nitrogen and oxygen atoms in total. The molecule has 0 bridgehead atoms. The summed E-state index contributed by atoms with van der Waals surface area (Å²) in [6.45, 7) is 2.62. The van der Waals surface area contributed by atoms with Crippen molar-refractivity contribution >= 4 is 11.6 Å². The van der Waals surface area contributed by atoms with Gasteiger partial charge in [-0.1, -0.05) is 18.5 Å². The maximum Gasteiger partial charge on any atom is 0.148 e. The fraction of sp³-hybridized carbons (Fsp3) is 0.375. The maximum absolute atomic E-state index is 9.39. The Hall–Kier alpha value is -0.640. The Morgan fingerprint density at radius 2 is 2.42 bits per heavy atom. The van der Waals surface area contributed by atoms with Gasteiger partial charge in [-0.3, -0.25) is 10.3 Å². The van der Waals surface area contributed by atoms with Crippen LogP contribution in [0.3, 0.4) is 0 Å². The summed E-state index contributed by atoms with van der Waals surface area (Å²) in [5.41, 5.74) is 0.584. The van der Waals surface area contributed by atoms with Crippen LogP contribution in [0.2, 0.25) is 5.02 Å². The van der Waals surface area contributed by atoms with Crippen molar-refractivity contribution in [2.45, 2.75) is 13.2 Å². The van der Waals surface area contributed by atoms with Gasteiger partial charge >= 0.3 is 0 Å². The molecule has 1 heterocycles. The Morgan fingerprint density at radius 3 is 2.92 bits per heavy atom. The first-order valence-electron chi connectivity index (χ1n) is 3.77. The zero-order valence-electron chi connectivity index (χ0n) is 6.79. The fourth-order valence-corrected chi connectivity index (χ4v) is 0.959. The highest BCUT2D eigenvalue weighted by Gasteiger charge is 2.05. The number of nitrogens with zero attached hydrogens (tertiary/aromatic N) is 1. The Labute approximate surface area is 76.4 Å². The molecule has 1 rings (SSSR count). The van der Waals surface area contributed by atoms with E-state index in [-0.39, 0.29) is 0 Å². The minimum Gasteiger partial charge on any atom is -0.373 e. The average molecular weight is 187 g/mol. The molecule has 0 radical (unpaired) electrons. The van der Waals surface area contributed by atoms with E-state index in [4.69, 9.17) is 11.6 Å². The second-order valence-corrected chi connectivity index (χ2v) is 2.80. The van der Waals surface area contributed by atoms with Crippen LogP contribution in [-0.4, -0.2) is 16.6 Å². The topological polar surface area (TPSA) is 45.1 Å². The van der Waals surface area contributed by atoms with Crippen LogP contribution in [0.15, 0.2) is 18.3 Å². The lowest BCUT2D eigenvalue weighted by Gasteiger charge is -2.09. The van der Waals surface area contributed by atoms with Crippen LogP contribution in [0.1, 0.15) is 18.8 Å². The molecule has 0 aliphatic rings. The van der Waals surface area contributed by atoms with Gasteiger partial charge in [-0.15, -0.1) is 0 Å². The van der Waals surface area contributed by atoms with Crippen LogP contribution in [0.5, 0.6) is 0 Å². The molecule has 1 aromatic rings. The van der Waals surface area contributed by atoms with E-state index in [9.17, 15) is 5.11 Å². The molecule has 0 fully saturated rings. The van der Waals surface area contributed by atoms with Gasteiger partial charge < -0.3 is 5.11 Å². The third kappa shape index (κ3) is 2.44. The molecule has 0 amide bonds. The molecular weight excluding hydrogens is 176 g/mol. The molecule has 1 atom stereocenters. The van der Waals surface area contributed by atoms with E-state index in [1.165, 1.54) is 6.20 Å². The van der Waals surface area contributed by atoms with Gasteiger partial charge in [0.05, 0.1) is 10.7 Å². The molecule has 4 heteroatoms. The van der Waals surface area contributed by atoms with E-state index in [0.717, 1.165) is 0 Å². The van der Waals surface area contributed by atoms with Gasteiger partial charge in [0.1, 0.15) is 6.23 Å². The third-order valence-corrected chi connectivity index (χ3v) is 1.65. The quantitative estimate of drug-likeness (QED) is 0.701. The summed E-state index contributed by atoms with van der Waals surface area (Å²) in [5.74, 6) is 0. The Kier molecular flexibility index (Phi) is 3.47. The van der Waals surface area contributed by atoms with Gasteiger partial charge in [-0.25, -0.2) is 0 Å². The Bertz CT molecular complexity index is 237. The summed E-state index contributed by atoms with van der Waals surface area (Å²) in [5, 5.41) is 12.8. The van der Waals surface area contributed by atoms with Crippen LogP contribution >= 0.6 is 11.6 Å². The number of hydrogen-bond acceptors (Lipinski definition) is 3. The van der Waals surface area contributed by atoms with E-state index in [1.807, 2.05) is 6.92 Å². The van der Waals surface area contributed by atoms with Crippen molar-refractivity contribution in [1.82, 2.24) is 10.3 Å². The number of pyridine rings is 1. The number of hydrogen-bond donors (Lipinski definition) is 2. The van der Waals surface area contributed by atoms with E-state index in [2.05, 4.69) is 10.3 Å². The van der Waals surface area contributed by atoms with Crippen LogP contribution in [0.4, 0.5) is 0 Å². The van der Waals surface area contributed by atoms with Crippen molar-refractivity contribution in [2.75, 3.05) is 6.54 Å². The monoisotopic (exact) mass is 186 g/mol. The summed E-state index contributed by atoms with van der Waals surface area (Å²) >= 11 is 5.63. The lowest BCUT2D eigenvalue weighted by molar-refractivity contribution is 0.137. The SMILES string of the molecule is CCN[C@H](O)c1ccc(Cl)cn1. The highest BCUT2D eigenvalue weighted by molar-refractivity contribution is 6.30. The minimum absolute atomic E-state index is 0.572. The van der Waals surface area contributed by atoms with Crippen molar-refractivity contribution in [3.8, 4) is 0 Å². The molecule has 0 saturated carbocycles. The molecule has 0 unspecified atom stereocenters. The number of nitrogens with one attached hydrogen (secondary N) is 1. The summed E-state index contributed by atoms with van der Waals surface area (Å²) in [7, 11) is 0. The van der Waals surface area contributed by atoms with Crippen molar-refractivity contribution in [3.63, 3.8) is 0 Å². The van der Waals surface area contributed by atoms with Gasteiger partial charge in [0, 0.05) is 6.20 Å². The molecule has 0 saturated heterocycles. The van der Waals surface area contributed by atoms with E-state index in [1.54, 1.807) is 12.1 Å². The average Bonchev–Trinajstić information content (AvgIpc) is 2.06. The first kappa shape index (κ1) is 9.45. The predicted octanol–water partition coefficient (Wildman–Crippen LogP) is 1.34. The smallest absolute Gasteiger partial charge is 0.148 e. The largest absolute Gasteiger partial charge is 0.373 e. The summed E-state index contributed by atoms with van der Waals surface area (Å²) in [6.07, 6.45) is 0.810. The Balaban J connectivity index is 2.68. The third-order valence-electron chi connectivity index (χ3n) is 1.43. The molecule has 0 aliphatic heterocycles. The number of aliphatic hydroxyl groups is 1. The highest BCUT2D eigenvalue weighted by Crippen LogP contribution is 2.10. The summed E-state index contributed by atoms with van der Waals surface area (Å²) in [6, 6.07) is 3.39. The molecule has 66 valence electrons. The van der Waals surface area contributed by atoms with Crippen molar-refractivity contribution in [1.29, 1.82) is 0 Å². The second-order valence-electron chi connectivity index (χ2n) is 2.36. The van der Waals surface area contributed by atoms with Gasteiger partial charge in [0.2, 0.25) is 0 Å². The van der Waals surface area contributed by atoms with Crippen LogP contribution in [0.25, 0.3) is 0 Å². The molecular formula is C8H11ClN2O. The second kappa shape index (κ2) is 4.40. The molecule has 0 aromatic carbocycles. The number of aromatic nitrogens is 1. The molecule has 2 N–H and O–H groups in total. The van der Waals surface area contributed by atoms with Crippen LogP contribution in [-0.2, 0) is 0 Å². The maximum atomic E-state index is 9.39. The van der Waals surface area contributed by atoms with Crippen molar-refractivity contribution < 1.29 is 5.11 Å². The summed E-state index contributed by atoms with van der Waals surface area (Å²) in [4.78, 5) is 3.95. The van der Waals surface area contributed by atoms with Gasteiger partial charge in [-0.05, 0) is 18.7 Å². The molecule has 12 heavy (non-hydrogen) atoms. The van der Waals surface area contributed by atoms with E-state index < -0.39 is 6.23 Å². The lowest BCUT2D eigenvalue weighted by atomic mass is 10.3. The van der Waals surface area contributed by atoms with Crippen molar-refractivity contribution in [2.24, 2.45) is 0 Å². The van der Waals surface area contributed by atoms with Gasteiger partial charge in [0.25, 0.3) is 0 Å². The first-order valence-corrected chi connectivity index (χ1v) is 4.14.